The fourth-order valence-corrected chi connectivity index (χ4v) is 5.07. The number of sulfone groups is 1. The van der Waals surface area contributed by atoms with E-state index >= 15 is 0 Å². The number of aliphatic carboxylic acids is 1. The Hall–Kier alpha value is -0.550. The van der Waals surface area contributed by atoms with Crippen molar-refractivity contribution in [3.63, 3.8) is 0 Å². The Balaban J connectivity index is 0.00000242. The molecule has 0 radical (unpaired) electrons. The largest absolute Gasteiger partial charge is 1.00 e. The number of carbonyl (C=O) groups is 3. The number of β-lactam (4-membered cyclic amide) rings is 1. The molecule has 22 heavy (non-hydrogen) atoms. The van der Waals surface area contributed by atoms with Gasteiger partial charge in [0, 0.05) is 18.2 Å². The van der Waals surface area contributed by atoms with Crippen molar-refractivity contribution >= 4 is 40.3 Å². The monoisotopic (exact) mass is 357 g/mol. The predicted octanol–water partition coefficient (Wildman–Crippen LogP) is -5.30. The molecule has 8 nitrogen and oxygen atoms in total. The third kappa shape index (κ3) is 3.21. The number of carboxylic acids is 1. The minimum atomic E-state index is -3.77. The number of ether oxygens (including phenoxy) is 1. The maximum atomic E-state index is 12.2. The van der Waals surface area contributed by atoms with Gasteiger partial charge in [-0.2, -0.15) is 12.6 Å². The van der Waals surface area contributed by atoms with Gasteiger partial charge < -0.3 is 14.6 Å². The number of fused-ring (bicyclic) bond motifs is 1. The third-order valence-corrected chi connectivity index (χ3v) is 5.73. The van der Waals surface area contributed by atoms with E-state index in [0.717, 1.165) is 6.92 Å². The van der Waals surface area contributed by atoms with E-state index in [1.165, 1.54) is 0 Å². The van der Waals surface area contributed by atoms with Crippen molar-refractivity contribution in [1.29, 1.82) is 0 Å². The van der Waals surface area contributed by atoms with Crippen LogP contribution in [-0.2, 0) is 29.0 Å². The molecule has 1 saturated heterocycles. The van der Waals surface area contributed by atoms with Gasteiger partial charge in [0.2, 0.25) is 5.91 Å². The summed E-state index contributed by atoms with van der Waals surface area (Å²) < 4.78 is 29.0. The molecule has 0 bridgehead atoms. The van der Waals surface area contributed by atoms with Gasteiger partial charge in [0.25, 0.3) is 0 Å². The summed E-state index contributed by atoms with van der Waals surface area (Å²) in [7, 11) is -3.77. The van der Waals surface area contributed by atoms with E-state index in [1.54, 1.807) is 0 Å². The Morgan fingerprint density at radius 2 is 2.05 bits per heavy atom. The van der Waals surface area contributed by atoms with Crippen LogP contribution in [0.1, 0.15) is 6.92 Å². The molecule has 11 heteroatoms. The van der Waals surface area contributed by atoms with Gasteiger partial charge in [0.05, 0.1) is 23.3 Å². The molecule has 0 aromatic carbocycles. The topological polar surface area (TPSA) is 121 Å². The number of hydrogen-bond donors (Lipinski definition) is 1. The number of carbonyl (C=O) groups excluding carboxylic acids is 3. The number of thiol groups is 1. The van der Waals surface area contributed by atoms with E-state index < -0.39 is 57.0 Å². The molecule has 2 aliphatic rings. The number of rotatable bonds is 4. The molecule has 0 spiro atoms. The normalized spacial score (nSPS) is 25.7. The summed E-state index contributed by atoms with van der Waals surface area (Å²) in [4.78, 5) is 34.6. The van der Waals surface area contributed by atoms with Crippen molar-refractivity contribution in [2.75, 3.05) is 18.1 Å². The molecule has 0 saturated carbocycles. The minimum Gasteiger partial charge on any atom is -0.543 e. The van der Waals surface area contributed by atoms with Crippen molar-refractivity contribution in [1.82, 2.24) is 4.90 Å². The van der Waals surface area contributed by atoms with Gasteiger partial charge in [-0.25, -0.2) is 8.42 Å². The van der Waals surface area contributed by atoms with Gasteiger partial charge in [0.1, 0.15) is 6.61 Å². The van der Waals surface area contributed by atoms with Crippen molar-refractivity contribution < 1.29 is 62.2 Å². The van der Waals surface area contributed by atoms with Crippen molar-refractivity contribution in [3.8, 4) is 0 Å². The number of amides is 1. The van der Waals surface area contributed by atoms with Crippen LogP contribution in [0.2, 0.25) is 0 Å². The molecule has 0 N–H and O–H groups in total. The molecule has 2 atom stereocenters. The van der Waals surface area contributed by atoms with Crippen LogP contribution in [0, 0.1) is 5.92 Å². The van der Waals surface area contributed by atoms with Crippen LogP contribution < -0.4 is 34.7 Å². The van der Waals surface area contributed by atoms with Crippen molar-refractivity contribution in [2.24, 2.45) is 5.92 Å². The predicted molar refractivity (Wildman–Crippen MR) is 70.4 cm³/mol. The van der Waals surface area contributed by atoms with Gasteiger partial charge >= 0.3 is 35.5 Å². The zero-order valence-electron chi connectivity index (χ0n) is 11.9. The summed E-state index contributed by atoms with van der Waals surface area (Å²) in [5.41, 5.74) is -0.702. The van der Waals surface area contributed by atoms with Crippen LogP contribution in [0.5, 0.6) is 0 Å². The van der Waals surface area contributed by atoms with E-state index in [4.69, 9.17) is 0 Å². The van der Waals surface area contributed by atoms with Gasteiger partial charge in [-0.1, -0.05) is 0 Å². The molecule has 1 fully saturated rings. The fraction of sp³-hybridized carbons (Fsp3) is 0.545. The number of nitrogens with zero attached hydrogens (tertiary/aromatic N) is 1. The average Bonchev–Trinajstić information content (AvgIpc) is 2.36. The Labute approximate surface area is 154 Å². The van der Waals surface area contributed by atoms with Crippen LogP contribution in [0.25, 0.3) is 0 Å². The molecule has 2 heterocycles. The molecular weight excluding hydrogens is 345 g/mol. The maximum Gasteiger partial charge on any atom is 1.00 e. The van der Waals surface area contributed by atoms with Crippen LogP contribution in [-0.4, -0.2) is 54.6 Å². The molecule has 0 aromatic heterocycles. The average molecular weight is 357 g/mol. The molecule has 2 aliphatic heterocycles. The Morgan fingerprint density at radius 3 is 2.50 bits per heavy atom. The summed E-state index contributed by atoms with van der Waals surface area (Å²) in [5, 5.41) is 9.99. The van der Waals surface area contributed by atoms with Gasteiger partial charge in [0.15, 0.2) is 15.2 Å². The van der Waals surface area contributed by atoms with Gasteiger partial charge in [-0.05, 0) is 0 Å². The van der Waals surface area contributed by atoms with E-state index in [1.807, 2.05) is 0 Å². The zero-order chi connectivity index (χ0) is 15.9. The molecule has 116 valence electrons. The number of carboxylic acid groups (broad SMARTS) is 1. The summed E-state index contributed by atoms with van der Waals surface area (Å²) >= 11 is 3.91. The maximum absolute atomic E-state index is 12.2. The summed E-state index contributed by atoms with van der Waals surface area (Å²) in [5.74, 6) is -4.48. The van der Waals surface area contributed by atoms with E-state index in [0.29, 0.717) is 4.90 Å². The second kappa shape index (κ2) is 6.91. The second-order valence-corrected chi connectivity index (χ2v) is 7.18. The number of hydrogen-bond acceptors (Lipinski definition) is 8. The van der Waals surface area contributed by atoms with Crippen LogP contribution in [0.3, 0.4) is 0 Å². The summed E-state index contributed by atoms with van der Waals surface area (Å²) in [6, 6.07) is 0. The molecular formula is C11H12NNaO7S2. The fourth-order valence-electron chi connectivity index (χ4n) is 2.45. The molecule has 0 unspecified atom stereocenters. The number of esters is 1. The van der Waals surface area contributed by atoms with Gasteiger partial charge in [-0.15, -0.1) is 0 Å². The van der Waals surface area contributed by atoms with Crippen LogP contribution in [0.15, 0.2) is 11.3 Å². The molecule has 0 aliphatic carbocycles. The van der Waals surface area contributed by atoms with E-state index in [2.05, 4.69) is 17.4 Å². The summed E-state index contributed by atoms with van der Waals surface area (Å²) in [6.45, 7) is 0.588. The standard InChI is InChI=1S/C11H13NO7S2.Na/c1-5(13)19-2-6-4-21(17,18)10-7(3-20)9(14)12(10)8(6)11(15)16;/h7,10,20H,2-4H2,1H3,(H,15,16);/q;+1/p-1/t7-,10-;/m1./s1. The Kier molecular flexibility index (Phi) is 6.13. The molecule has 1 amide bonds. The molecule has 2 rings (SSSR count). The van der Waals surface area contributed by atoms with E-state index in [-0.39, 0.29) is 40.9 Å². The van der Waals surface area contributed by atoms with Crippen molar-refractivity contribution in [3.05, 3.63) is 11.3 Å². The van der Waals surface area contributed by atoms with E-state index in [9.17, 15) is 27.9 Å². The second-order valence-electron chi connectivity index (χ2n) is 4.71. The van der Waals surface area contributed by atoms with Crippen LogP contribution in [0.4, 0.5) is 0 Å². The smallest absolute Gasteiger partial charge is 0.543 e. The first-order valence-electron chi connectivity index (χ1n) is 5.93. The molecule has 0 aromatic rings. The SMILES string of the molecule is CC(=O)OCC1=C(C(=O)[O-])N2C(=O)[C@@H](CS)[C@H]2S(=O)(=O)C1.[Na+]. The first-order valence-corrected chi connectivity index (χ1v) is 8.27. The van der Waals surface area contributed by atoms with Crippen LogP contribution >= 0.6 is 12.6 Å². The Bertz CT molecular complexity index is 657. The zero-order valence-corrected chi connectivity index (χ0v) is 15.6. The quantitative estimate of drug-likeness (QED) is 0.231. The summed E-state index contributed by atoms with van der Waals surface area (Å²) in [6.07, 6.45) is 0. The first kappa shape index (κ1) is 19.5. The van der Waals surface area contributed by atoms with Gasteiger partial charge in [-0.3, -0.25) is 14.5 Å². The third-order valence-electron chi connectivity index (χ3n) is 3.31. The Morgan fingerprint density at radius 1 is 1.45 bits per heavy atom. The minimum absolute atomic E-state index is 0. The first-order chi connectivity index (χ1) is 9.70. The van der Waals surface area contributed by atoms with Crippen molar-refractivity contribution in [2.45, 2.75) is 12.3 Å².